The first-order valence-corrected chi connectivity index (χ1v) is 16.3. The molecular formula is C40H26Cl2N6O. The van der Waals surface area contributed by atoms with Gasteiger partial charge in [-0.2, -0.15) is 0 Å². The number of nitrogens with zero attached hydrogens (tertiary/aromatic N) is 4. The molecule has 0 saturated carbocycles. The summed E-state index contributed by atoms with van der Waals surface area (Å²) in [6.45, 7) is 0. The maximum Gasteiger partial charge on any atom is 0.161 e. The number of benzene rings is 6. The number of halogens is 2. The molecule has 8 rings (SSSR count). The van der Waals surface area contributed by atoms with Gasteiger partial charge >= 0.3 is 0 Å². The lowest BCUT2D eigenvalue weighted by molar-refractivity contribution is 0.483. The molecule has 0 aliphatic carbocycles. The summed E-state index contributed by atoms with van der Waals surface area (Å²) in [5.41, 5.74) is 5.24. The zero-order valence-corrected chi connectivity index (χ0v) is 27.3. The highest BCUT2D eigenvalue weighted by atomic mass is 35.5. The zero-order chi connectivity index (χ0) is 33.2. The first-order chi connectivity index (χ1) is 24.1. The Labute approximate surface area is 292 Å². The highest BCUT2D eigenvalue weighted by molar-refractivity contribution is 6.31. The van der Waals surface area contributed by atoms with Gasteiger partial charge in [0.25, 0.3) is 0 Å². The molecule has 2 heterocycles. The first kappa shape index (κ1) is 30.3. The Morgan fingerprint density at radius 1 is 0.388 bits per heavy atom. The number of fused-ring (bicyclic) bond motifs is 2. The SMILES string of the molecule is Clc1ccc(-c2nnc(Nc3ccc(Oc4ccc(Nc5nnc(-c6ccc(Cl)cc6)c6ccccc56)cc4)cc3)c3ccccc23)cc1. The number of rotatable bonds is 8. The second-order valence-electron chi connectivity index (χ2n) is 11.3. The second kappa shape index (κ2) is 13.2. The normalized spacial score (nSPS) is 11.1. The van der Waals surface area contributed by atoms with Gasteiger partial charge in [0.1, 0.15) is 22.9 Å². The van der Waals surface area contributed by atoms with E-state index >= 15 is 0 Å². The van der Waals surface area contributed by atoms with Crippen molar-refractivity contribution < 1.29 is 4.74 Å². The lowest BCUT2D eigenvalue weighted by Crippen LogP contribution is -1.99. The van der Waals surface area contributed by atoms with Crippen LogP contribution in [0.4, 0.5) is 23.0 Å². The molecule has 8 aromatic rings. The summed E-state index contributed by atoms with van der Waals surface area (Å²) < 4.78 is 6.15. The molecule has 0 aliphatic heterocycles. The molecule has 49 heavy (non-hydrogen) atoms. The summed E-state index contributed by atoms with van der Waals surface area (Å²) in [4.78, 5) is 0. The van der Waals surface area contributed by atoms with Gasteiger partial charge in [-0.3, -0.25) is 0 Å². The number of anilines is 4. The standard InChI is InChI=1S/C40H26Cl2N6O/c41-27-13-9-25(10-14-27)37-33-5-1-3-7-35(33)39(47-45-37)43-29-17-21-31(22-18-29)49-32-23-19-30(20-24-32)44-40-36-8-4-2-6-34(36)38(46-48-40)26-11-15-28(42)16-12-26/h1-24H,(H,43,47)(H,44,48). The predicted octanol–water partition coefficient (Wildman–Crippen LogP) is 11.5. The number of hydrogen-bond acceptors (Lipinski definition) is 7. The van der Waals surface area contributed by atoms with Gasteiger partial charge in [-0.1, -0.05) is 96.0 Å². The molecule has 6 aromatic carbocycles. The molecule has 0 aliphatic rings. The summed E-state index contributed by atoms with van der Waals surface area (Å²) in [5, 5.41) is 30.2. The minimum atomic E-state index is 0.669. The Balaban J connectivity index is 0.959. The fourth-order valence-corrected chi connectivity index (χ4v) is 5.91. The van der Waals surface area contributed by atoms with Crippen molar-refractivity contribution in [3.8, 4) is 34.0 Å². The summed E-state index contributed by atoms with van der Waals surface area (Å²) in [6, 6.07) is 46.8. The Kier molecular flexibility index (Phi) is 8.19. The summed E-state index contributed by atoms with van der Waals surface area (Å²) in [6.07, 6.45) is 0. The largest absolute Gasteiger partial charge is 0.457 e. The van der Waals surface area contributed by atoms with E-state index in [0.29, 0.717) is 33.2 Å². The number of nitrogens with one attached hydrogen (secondary N) is 2. The highest BCUT2D eigenvalue weighted by Gasteiger charge is 2.13. The lowest BCUT2D eigenvalue weighted by Gasteiger charge is -2.13. The van der Waals surface area contributed by atoms with Gasteiger partial charge in [0, 0.05) is 54.1 Å². The van der Waals surface area contributed by atoms with E-state index in [1.165, 1.54) is 0 Å². The van der Waals surface area contributed by atoms with E-state index in [1.807, 2.05) is 146 Å². The fraction of sp³-hybridized carbons (Fsp3) is 0. The first-order valence-electron chi connectivity index (χ1n) is 15.5. The van der Waals surface area contributed by atoms with Crippen LogP contribution in [0, 0.1) is 0 Å². The van der Waals surface area contributed by atoms with Crippen molar-refractivity contribution in [2.24, 2.45) is 0 Å². The summed E-state index contributed by atoms with van der Waals surface area (Å²) in [7, 11) is 0. The Hall–Kier alpha value is -6.02. The van der Waals surface area contributed by atoms with Crippen LogP contribution in [0.3, 0.4) is 0 Å². The Morgan fingerprint density at radius 3 is 1.14 bits per heavy atom. The van der Waals surface area contributed by atoms with E-state index < -0.39 is 0 Å². The molecule has 0 atom stereocenters. The third-order valence-corrected chi connectivity index (χ3v) is 8.58. The van der Waals surface area contributed by atoms with Gasteiger partial charge < -0.3 is 15.4 Å². The van der Waals surface area contributed by atoms with Crippen molar-refractivity contribution in [2.45, 2.75) is 0 Å². The van der Waals surface area contributed by atoms with Crippen LogP contribution < -0.4 is 15.4 Å². The molecule has 236 valence electrons. The third kappa shape index (κ3) is 6.45. The Morgan fingerprint density at radius 2 is 0.755 bits per heavy atom. The number of ether oxygens (including phenoxy) is 1. The van der Waals surface area contributed by atoms with E-state index in [0.717, 1.165) is 55.4 Å². The number of hydrogen-bond donors (Lipinski definition) is 2. The van der Waals surface area contributed by atoms with Crippen LogP contribution in [0.2, 0.25) is 10.0 Å². The minimum absolute atomic E-state index is 0.669. The Bertz CT molecular complexity index is 2250. The van der Waals surface area contributed by atoms with Crippen molar-refractivity contribution in [2.75, 3.05) is 10.6 Å². The molecule has 0 radical (unpaired) electrons. The molecule has 7 nitrogen and oxygen atoms in total. The van der Waals surface area contributed by atoms with E-state index in [2.05, 4.69) is 31.0 Å². The molecule has 0 fully saturated rings. The summed E-state index contributed by atoms with van der Waals surface area (Å²) in [5.74, 6) is 2.74. The van der Waals surface area contributed by atoms with Crippen LogP contribution in [-0.2, 0) is 0 Å². The van der Waals surface area contributed by atoms with Crippen LogP contribution in [0.25, 0.3) is 44.1 Å². The van der Waals surface area contributed by atoms with E-state index in [4.69, 9.17) is 27.9 Å². The smallest absolute Gasteiger partial charge is 0.161 e. The molecule has 0 amide bonds. The molecular weight excluding hydrogens is 651 g/mol. The van der Waals surface area contributed by atoms with E-state index in [-0.39, 0.29) is 0 Å². The third-order valence-electron chi connectivity index (χ3n) is 8.08. The minimum Gasteiger partial charge on any atom is -0.457 e. The monoisotopic (exact) mass is 676 g/mol. The van der Waals surface area contributed by atoms with Gasteiger partial charge in [0.15, 0.2) is 11.6 Å². The second-order valence-corrected chi connectivity index (χ2v) is 12.2. The van der Waals surface area contributed by atoms with Crippen LogP contribution in [0.15, 0.2) is 146 Å². The van der Waals surface area contributed by atoms with Crippen molar-refractivity contribution >= 4 is 67.8 Å². The maximum absolute atomic E-state index is 6.15. The lowest BCUT2D eigenvalue weighted by atomic mass is 10.0. The van der Waals surface area contributed by atoms with Crippen molar-refractivity contribution in [3.63, 3.8) is 0 Å². The van der Waals surface area contributed by atoms with Gasteiger partial charge in [0.05, 0.1) is 0 Å². The van der Waals surface area contributed by atoms with Crippen LogP contribution in [0.5, 0.6) is 11.5 Å². The summed E-state index contributed by atoms with van der Waals surface area (Å²) >= 11 is 12.2. The molecule has 9 heteroatoms. The van der Waals surface area contributed by atoms with Crippen molar-refractivity contribution in [1.82, 2.24) is 20.4 Å². The average Bonchev–Trinajstić information content (AvgIpc) is 3.14. The van der Waals surface area contributed by atoms with Gasteiger partial charge in [-0.15, -0.1) is 20.4 Å². The quantitative estimate of drug-likeness (QED) is 0.166. The zero-order valence-electron chi connectivity index (χ0n) is 25.8. The molecule has 2 aromatic heterocycles. The highest BCUT2D eigenvalue weighted by Crippen LogP contribution is 2.34. The van der Waals surface area contributed by atoms with Crippen molar-refractivity contribution in [3.05, 3.63) is 156 Å². The van der Waals surface area contributed by atoms with E-state index in [9.17, 15) is 0 Å². The average molecular weight is 678 g/mol. The maximum atomic E-state index is 6.15. The van der Waals surface area contributed by atoms with Crippen LogP contribution >= 0.6 is 23.2 Å². The van der Waals surface area contributed by atoms with E-state index in [1.54, 1.807) is 0 Å². The molecule has 0 spiro atoms. The molecule has 0 saturated heterocycles. The molecule has 2 N–H and O–H groups in total. The molecule has 0 bridgehead atoms. The van der Waals surface area contributed by atoms with Gasteiger partial charge in [-0.25, -0.2) is 0 Å². The van der Waals surface area contributed by atoms with Gasteiger partial charge in [0.2, 0.25) is 0 Å². The fourth-order valence-electron chi connectivity index (χ4n) is 5.66. The number of aromatic nitrogens is 4. The van der Waals surface area contributed by atoms with Crippen molar-refractivity contribution in [1.29, 1.82) is 0 Å². The van der Waals surface area contributed by atoms with Crippen LogP contribution in [-0.4, -0.2) is 20.4 Å². The predicted molar refractivity (Wildman–Crippen MR) is 199 cm³/mol. The topological polar surface area (TPSA) is 84.9 Å². The van der Waals surface area contributed by atoms with Gasteiger partial charge in [-0.05, 0) is 72.8 Å². The molecule has 0 unspecified atom stereocenters. The van der Waals surface area contributed by atoms with Crippen LogP contribution in [0.1, 0.15) is 0 Å².